The van der Waals surface area contributed by atoms with Gasteiger partial charge in [0.1, 0.15) is 0 Å². The first kappa shape index (κ1) is 17.4. The topological polar surface area (TPSA) is 58.7 Å². The number of likely N-dealkylation sites (tertiary alicyclic amines) is 1. The van der Waals surface area contributed by atoms with Gasteiger partial charge in [0.05, 0.1) is 11.6 Å². The first-order chi connectivity index (χ1) is 10.5. The minimum absolute atomic E-state index is 0.00317. The Balaban J connectivity index is 2.30. The molecule has 1 fully saturated rings. The smallest absolute Gasteiger partial charge is 0.176 e. The fourth-order valence-electron chi connectivity index (χ4n) is 3.51. The van der Waals surface area contributed by atoms with Gasteiger partial charge in [0, 0.05) is 25.7 Å². The Hall–Kier alpha value is -0.970. The number of phenolic OH excluding ortho intramolecular Hbond substituents is 1. The molecular weight excluding hydrogens is 300 g/mol. The van der Waals surface area contributed by atoms with Gasteiger partial charge < -0.3 is 15.6 Å². The maximum atomic E-state index is 10.0. The quantitative estimate of drug-likeness (QED) is 0.870. The van der Waals surface area contributed by atoms with Crippen molar-refractivity contribution in [2.75, 3.05) is 26.2 Å². The fraction of sp³-hybridized carbons (Fsp3) is 0.647. The van der Waals surface area contributed by atoms with Crippen LogP contribution in [-0.2, 0) is 0 Å². The van der Waals surface area contributed by atoms with Crippen molar-refractivity contribution in [2.45, 2.75) is 33.2 Å². The molecule has 1 aromatic carbocycles. The molecule has 3 atom stereocenters. The van der Waals surface area contributed by atoms with Crippen molar-refractivity contribution in [3.05, 3.63) is 22.7 Å². The van der Waals surface area contributed by atoms with Gasteiger partial charge in [-0.25, -0.2) is 0 Å². The number of piperidine rings is 1. The molecule has 1 aromatic rings. The van der Waals surface area contributed by atoms with Crippen molar-refractivity contribution in [1.29, 1.82) is 0 Å². The van der Waals surface area contributed by atoms with Gasteiger partial charge in [-0.3, -0.25) is 4.90 Å². The molecule has 3 unspecified atom stereocenters. The summed E-state index contributed by atoms with van der Waals surface area (Å²) in [4.78, 5) is 2.43. The van der Waals surface area contributed by atoms with Crippen LogP contribution in [0.5, 0.6) is 11.5 Å². The molecule has 0 saturated carbocycles. The second kappa shape index (κ2) is 7.53. The summed E-state index contributed by atoms with van der Waals surface area (Å²) in [5, 5.41) is 10.3. The first-order valence-electron chi connectivity index (χ1n) is 8.05. The highest BCUT2D eigenvalue weighted by Crippen LogP contribution is 2.39. The van der Waals surface area contributed by atoms with Crippen molar-refractivity contribution in [3.8, 4) is 11.5 Å². The number of nitrogens with two attached hydrogens (primary N) is 1. The van der Waals surface area contributed by atoms with E-state index >= 15 is 0 Å². The summed E-state index contributed by atoms with van der Waals surface area (Å²) < 4.78 is 5.49. The average Bonchev–Trinajstić information content (AvgIpc) is 2.44. The molecule has 0 amide bonds. The Kier molecular flexibility index (Phi) is 5.95. The van der Waals surface area contributed by atoms with Crippen LogP contribution in [0.4, 0.5) is 0 Å². The maximum Gasteiger partial charge on any atom is 0.176 e. The van der Waals surface area contributed by atoms with E-state index in [0.29, 0.717) is 35.8 Å². The van der Waals surface area contributed by atoms with Crippen LogP contribution >= 0.6 is 11.6 Å². The van der Waals surface area contributed by atoms with Crippen molar-refractivity contribution >= 4 is 11.6 Å². The Morgan fingerprint density at radius 3 is 2.55 bits per heavy atom. The van der Waals surface area contributed by atoms with Gasteiger partial charge in [-0.1, -0.05) is 25.4 Å². The van der Waals surface area contributed by atoms with E-state index in [-0.39, 0.29) is 11.8 Å². The third kappa shape index (κ3) is 3.86. The number of aromatic hydroxyl groups is 1. The summed E-state index contributed by atoms with van der Waals surface area (Å²) >= 11 is 6.16. The Labute approximate surface area is 138 Å². The highest BCUT2D eigenvalue weighted by atomic mass is 35.5. The predicted molar refractivity (Wildman–Crippen MR) is 90.6 cm³/mol. The van der Waals surface area contributed by atoms with Crippen molar-refractivity contribution in [1.82, 2.24) is 4.90 Å². The van der Waals surface area contributed by atoms with E-state index in [1.807, 2.05) is 13.0 Å². The minimum atomic E-state index is 0.00317. The number of hydrogen-bond donors (Lipinski definition) is 2. The molecular formula is C17H27ClN2O2. The van der Waals surface area contributed by atoms with Gasteiger partial charge in [-0.05, 0) is 42.9 Å². The lowest BCUT2D eigenvalue weighted by Gasteiger charge is -2.40. The van der Waals surface area contributed by atoms with Gasteiger partial charge >= 0.3 is 0 Å². The summed E-state index contributed by atoms with van der Waals surface area (Å²) in [7, 11) is 0. The third-order valence-corrected chi connectivity index (χ3v) is 4.58. The van der Waals surface area contributed by atoms with Crippen molar-refractivity contribution in [3.63, 3.8) is 0 Å². The van der Waals surface area contributed by atoms with Crippen molar-refractivity contribution in [2.24, 2.45) is 17.6 Å². The van der Waals surface area contributed by atoms with E-state index in [1.165, 1.54) is 6.42 Å². The van der Waals surface area contributed by atoms with E-state index in [0.717, 1.165) is 18.7 Å². The summed E-state index contributed by atoms with van der Waals surface area (Å²) in [5.41, 5.74) is 7.06. The Morgan fingerprint density at radius 2 is 2.00 bits per heavy atom. The van der Waals surface area contributed by atoms with Crippen LogP contribution in [0.1, 0.15) is 38.8 Å². The van der Waals surface area contributed by atoms with Gasteiger partial charge in [0.15, 0.2) is 11.5 Å². The van der Waals surface area contributed by atoms with Crippen molar-refractivity contribution < 1.29 is 9.84 Å². The molecule has 5 heteroatoms. The molecule has 3 N–H and O–H groups in total. The molecule has 1 heterocycles. The lowest BCUT2D eigenvalue weighted by Crippen LogP contribution is -2.43. The van der Waals surface area contributed by atoms with Gasteiger partial charge in [0.2, 0.25) is 0 Å². The maximum absolute atomic E-state index is 10.0. The van der Waals surface area contributed by atoms with Crippen LogP contribution in [-0.4, -0.2) is 36.2 Å². The third-order valence-electron chi connectivity index (χ3n) is 4.30. The number of nitrogens with zero attached hydrogens (tertiary/aromatic N) is 1. The van der Waals surface area contributed by atoms with Gasteiger partial charge in [0.25, 0.3) is 0 Å². The molecule has 124 valence electrons. The molecule has 1 aliphatic rings. The van der Waals surface area contributed by atoms with E-state index < -0.39 is 0 Å². The first-order valence-corrected chi connectivity index (χ1v) is 8.43. The van der Waals surface area contributed by atoms with Gasteiger partial charge in [-0.15, -0.1) is 0 Å². The Bertz CT molecular complexity index is 500. The normalized spacial score (nSPS) is 24.2. The molecule has 0 aliphatic carbocycles. The predicted octanol–water partition coefficient (Wildman–Crippen LogP) is 3.42. The monoisotopic (exact) mass is 326 g/mol. The molecule has 2 rings (SSSR count). The van der Waals surface area contributed by atoms with Crippen LogP contribution in [0.25, 0.3) is 0 Å². The highest BCUT2D eigenvalue weighted by molar-refractivity contribution is 6.32. The summed E-state index contributed by atoms with van der Waals surface area (Å²) in [6.45, 7) is 9.53. The molecule has 22 heavy (non-hydrogen) atoms. The second-order valence-corrected chi connectivity index (χ2v) is 6.84. The van der Waals surface area contributed by atoms with Crippen LogP contribution in [0.2, 0.25) is 5.02 Å². The average molecular weight is 327 g/mol. The van der Waals surface area contributed by atoms with E-state index in [4.69, 9.17) is 22.1 Å². The zero-order chi connectivity index (χ0) is 16.3. The van der Waals surface area contributed by atoms with Crippen LogP contribution < -0.4 is 10.5 Å². The lowest BCUT2D eigenvalue weighted by molar-refractivity contribution is 0.0982. The van der Waals surface area contributed by atoms with E-state index in [9.17, 15) is 5.11 Å². The molecule has 1 saturated heterocycles. The Morgan fingerprint density at radius 1 is 1.36 bits per heavy atom. The summed E-state index contributed by atoms with van der Waals surface area (Å²) in [5.74, 6) is 1.76. The largest absolute Gasteiger partial charge is 0.503 e. The molecule has 0 aromatic heterocycles. The summed E-state index contributed by atoms with van der Waals surface area (Å²) in [6.07, 6.45) is 1.26. The number of rotatable bonds is 5. The summed E-state index contributed by atoms with van der Waals surface area (Å²) in [6, 6.07) is 3.77. The highest BCUT2D eigenvalue weighted by Gasteiger charge is 2.28. The molecule has 0 bridgehead atoms. The number of halogens is 1. The van der Waals surface area contributed by atoms with E-state index in [1.54, 1.807) is 6.07 Å². The molecule has 0 radical (unpaired) electrons. The van der Waals surface area contributed by atoms with Gasteiger partial charge in [-0.2, -0.15) is 0 Å². The fourth-order valence-corrected chi connectivity index (χ4v) is 3.73. The zero-order valence-corrected chi connectivity index (χ0v) is 14.4. The molecule has 1 aliphatic heterocycles. The van der Waals surface area contributed by atoms with Crippen LogP contribution in [0.15, 0.2) is 12.1 Å². The van der Waals surface area contributed by atoms with Crippen LogP contribution in [0, 0.1) is 11.8 Å². The molecule has 0 spiro atoms. The number of phenols is 1. The zero-order valence-electron chi connectivity index (χ0n) is 13.7. The number of benzene rings is 1. The van der Waals surface area contributed by atoms with Crippen LogP contribution in [0.3, 0.4) is 0 Å². The lowest BCUT2D eigenvalue weighted by atomic mass is 9.89. The minimum Gasteiger partial charge on any atom is -0.503 e. The standard InChI is InChI=1S/C17H27ClN2O2/c1-4-22-16-7-13(6-14(18)17(16)21)15(8-19)20-9-11(2)5-12(3)10-20/h6-7,11-12,15,21H,4-5,8-10,19H2,1-3H3. The van der Waals surface area contributed by atoms with E-state index in [2.05, 4.69) is 18.7 Å². The second-order valence-electron chi connectivity index (χ2n) is 6.43. The number of hydrogen-bond acceptors (Lipinski definition) is 4. The SMILES string of the molecule is CCOc1cc(C(CN)N2CC(C)CC(C)C2)cc(Cl)c1O. The number of ether oxygens (including phenoxy) is 1. The molecule has 4 nitrogen and oxygen atoms in total.